The van der Waals surface area contributed by atoms with Gasteiger partial charge < -0.3 is 14.6 Å². The van der Waals surface area contributed by atoms with Crippen molar-refractivity contribution in [2.24, 2.45) is 0 Å². The highest BCUT2D eigenvalue weighted by Gasteiger charge is 2.23. The highest BCUT2D eigenvalue weighted by molar-refractivity contribution is 5.50. The number of aryl methyl sites for hydroxylation is 1. The van der Waals surface area contributed by atoms with E-state index in [1.165, 1.54) is 0 Å². The molecular weight excluding hydrogens is 216 g/mol. The minimum atomic E-state index is -0.255. The van der Waals surface area contributed by atoms with Gasteiger partial charge in [0.2, 0.25) is 0 Å². The molecule has 1 aromatic carbocycles. The largest absolute Gasteiger partial charge is 0.490 e. The topological polar surface area (TPSA) is 38.7 Å². The molecule has 3 heteroatoms. The number of aliphatic hydroxyl groups is 1. The number of benzene rings is 1. The highest BCUT2D eigenvalue weighted by Crippen LogP contribution is 2.37. The molecule has 0 atom stereocenters. The molecule has 17 heavy (non-hydrogen) atoms. The Morgan fingerprint density at radius 1 is 1.24 bits per heavy atom. The van der Waals surface area contributed by atoms with E-state index < -0.39 is 0 Å². The quantitative estimate of drug-likeness (QED) is 0.857. The van der Waals surface area contributed by atoms with E-state index in [-0.39, 0.29) is 12.0 Å². The molecule has 1 heterocycles. The molecule has 1 aliphatic heterocycles. The first-order chi connectivity index (χ1) is 8.04. The highest BCUT2D eigenvalue weighted by atomic mass is 16.5. The van der Waals surface area contributed by atoms with Crippen molar-refractivity contribution >= 4 is 0 Å². The summed E-state index contributed by atoms with van der Waals surface area (Å²) in [6, 6.07) is 4.06. The van der Waals surface area contributed by atoms with E-state index >= 15 is 0 Å². The van der Waals surface area contributed by atoms with Gasteiger partial charge in [-0.1, -0.05) is 19.9 Å². The Balaban J connectivity index is 2.46. The second-order valence-electron chi connectivity index (χ2n) is 5.21. The van der Waals surface area contributed by atoms with Crippen LogP contribution in [0.25, 0.3) is 0 Å². The summed E-state index contributed by atoms with van der Waals surface area (Å²) in [4.78, 5) is 0. The Labute approximate surface area is 102 Å². The van der Waals surface area contributed by atoms with Gasteiger partial charge in [0, 0.05) is 11.8 Å². The van der Waals surface area contributed by atoms with Crippen molar-refractivity contribution in [2.75, 3.05) is 19.8 Å². The molecule has 1 aliphatic rings. The van der Waals surface area contributed by atoms with Crippen LogP contribution in [0, 0.1) is 6.92 Å². The molecule has 0 spiro atoms. The molecule has 0 saturated carbocycles. The van der Waals surface area contributed by atoms with Crippen LogP contribution >= 0.6 is 0 Å². The molecule has 0 fully saturated rings. The predicted octanol–water partition coefficient (Wildman–Crippen LogP) is 2.43. The van der Waals surface area contributed by atoms with Gasteiger partial charge in [-0.15, -0.1) is 0 Å². The standard InChI is InChI=1S/C14H20O3/c1-10-7-11(14(2,3)9-15)8-12-13(10)17-6-4-5-16-12/h7-8,15H,4-6,9H2,1-3H3. The summed E-state index contributed by atoms with van der Waals surface area (Å²) in [5.41, 5.74) is 1.90. The fourth-order valence-corrected chi connectivity index (χ4v) is 1.93. The summed E-state index contributed by atoms with van der Waals surface area (Å²) < 4.78 is 11.4. The maximum absolute atomic E-state index is 9.43. The Bertz CT molecular complexity index is 410. The van der Waals surface area contributed by atoms with Crippen molar-refractivity contribution in [3.63, 3.8) is 0 Å². The number of ether oxygens (including phenoxy) is 2. The number of fused-ring (bicyclic) bond motifs is 1. The Morgan fingerprint density at radius 3 is 2.65 bits per heavy atom. The van der Waals surface area contributed by atoms with Crippen molar-refractivity contribution < 1.29 is 14.6 Å². The van der Waals surface area contributed by atoms with Crippen molar-refractivity contribution in [1.29, 1.82) is 0 Å². The van der Waals surface area contributed by atoms with Crippen molar-refractivity contribution in [2.45, 2.75) is 32.6 Å². The van der Waals surface area contributed by atoms with Gasteiger partial charge in [-0.2, -0.15) is 0 Å². The van der Waals surface area contributed by atoms with Gasteiger partial charge >= 0.3 is 0 Å². The zero-order valence-corrected chi connectivity index (χ0v) is 10.7. The summed E-state index contributed by atoms with van der Waals surface area (Å²) in [6.45, 7) is 7.57. The first kappa shape index (κ1) is 12.2. The van der Waals surface area contributed by atoms with E-state index in [4.69, 9.17) is 9.47 Å². The van der Waals surface area contributed by atoms with Gasteiger partial charge in [-0.25, -0.2) is 0 Å². The summed E-state index contributed by atoms with van der Waals surface area (Å²) in [5.74, 6) is 1.65. The molecule has 2 rings (SSSR count). The molecule has 0 aliphatic carbocycles. The van der Waals surface area contributed by atoms with E-state index in [1.807, 2.05) is 26.8 Å². The first-order valence-corrected chi connectivity index (χ1v) is 6.06. The number of rotatable bonds is 2. The maximum Gasteiger partial charge on any atom is 0.164 e. The normalized spacial score (nSPS) is 15.5. The van der Waals surface area contributed by atoms with E-state index in [9.17, 15) is 5.11 Å². The molecular formula is C14H20O3. The van der Waals surface area contributed by atoms with E-state index in [2.05, 4.69) is 6.07 Å². The zero-order chi connectivity index (χ0) is 12.5. The van der Waals surface area contributed by atoms with Crippen LogP contribution in [0.15, 0.2) is 12.1 Å². The summed E-state index contributed by atoms with van der Waals surface area (Å²) in [7, 11) is 0. The average Bonchev–Trinajstić information content (AvgIpc) is 2.54. The fraction of sp³-hybridized carbons (Fsp3) is 0.571. The van der Waals surface area contributed by atoms with Crippen LogP contribution < -0.4 is 9.47 Å². The maximum atomic E-state index is 9.43. The molecule has 0 unspecified atom stereocenters. The lowest BCUT2D eigenvalue weighted by Crippen LogP contribution is -2.22. The third kappa shape index (κ3) is 2.39. The molecule has 0 bridgehead atoms. The van der Waals surface area contributed by atoms with Gasteiger partial charge in [0.25, 0.3) is 0 Å². The lowest BCUT2D eigenvalue weighted by molar-refractivity contribution is 0.218. The Morgan fingerprint density at radius 2 is 1.94 bits per heavy atom. The predicted molar refractivity (Wildman–Crippen MR) is 66.9 cm³/mol. The van der Waals surface area contributed by atoms with E-state index in [1.54, 1.807) is 0 Å². The van der Waals surface area contributed by atoms with Crippen LogP contribution in [-0.4, -0.2) is 24.9 Å². The SMILES string of the molecule is Cc1cc(C(C)(C)CO)cc2c1OCCCO2. The Kier molecular flexibility index (Phi) is 3.29. The number of hydrogen-bond donors (Lipinski definition) is 1. The molecule has 0 amide bonds. The van der Waals surface area contributed by atoms with Gasteiger partial charge in [0.1, 0.15) is 0 Å². The minimum absolute atomic E-state index is 0.117. The molecule has 1 aromatic rings. The minimum Gasteiger partial charge on any atom is -0.490 e. The van der Waals surface area contributed by atoms with Gasteiger partial charge in [-0.3, -0.25) is 0 Å². The van der Waals surface area contributed by atoms with Crippen molar-refractivity contribution in [1.82, 2.24) is 0 Å². The van der Waals surface area contributed by atoms with Crippen molar-refractivity contribution in [3.05, 3.63) is 23.3 Å². The molecule has 0 aromatic heterocycles. The summed E-state index contributed by atoms with van der Waals surface area (Å²) in [6.07, 6.45) is 0.910. The summed E-state index contributed by atoms with van der Waals surface area (Å²) in [5, 5.41) is 9.43. The summed E-state index contributed by atoms with van der Waals surface area (Å²) >= 11 is 0. The van der Waals surface area contributed by atoms with Crippen LogP contribution in [0.3, 0.4) is 0 Å². The van der Waals surface area contributed by atoms with E-state index in [0.717, 1.165) is 29.0 Å². The molecule has 0 saturated heterocycles. The van der Waals surface area contributed by atoms with Crippen LogP contribution in [0.2, 0.25) is 0 Å². The van der Waals surface area contributed by atoms with Crippen LogP contribution in [0.5, 0.6) is 11.5 Å². The van der Waals surface area contributed by atoms with Crippen LogP contribution in [-0.2, 0) is 5.41 Å². The third-order valence-electron chi connectivity index (χ3n) is 3.21. The number of aliphatic hydroxyl groups excluding tert-OH is 1. The van der Waals surface area contributed by atoms with Gasteiger partial charge in [-0.05, 0) is 24.1 Å². The lowest BCUT2D eigenvalue weighted by Gasteiger charge is -2.24. The smallest absolute Gasteiger partial charge is 0.164 e. The van der Waals surface area contributed by atoms with Crippen molar-refractivity contribution in [3.8, 4) is 11.5 Å². The average molecular weight is 236 g/mol. The van der Waals surface area contributed by atoms with Crippen LogP contribution in [0.1, 0.15) is 31.4 Å². The molecule has 3 nitrogen and oxygen atoms in total. The van der Waals surface area contributed by atoms with E-state index in [0.29, 0.717) is 13.2 Å². The second kappa shape index (κ2) is 4.57. The zero-order valence-electron chi connectivity index (χ0n) is 10.7. The molecule has 1 N–H and O–H groups in total. The molecule has 94 valence electrons. The third-order valence-corrected chi connectivity index (χ3v) is 3.21. The second-order valence-corrected chi connectivity index (χ2v) is 5.21. The monoisotopic (exact) mass is 236 g/mol. The van der Waals surface area contributed by atoms with Gasteiger partial charge in [0.05, 0.1) is 19.8 Å². The molecule has 0 radical (unpaired) electrons. The first-order valence-electron chi connectivity index (χ1n) is 6.06. The van der Waals surface area contributed by atoms with Gasteiger partial charge in [0.15, 0.2) is 11.5 Å². The lowest BCUT2D eigenvalue weighted by atomic mass is 9.84. The Hall–Kier alpha value is -1.22. The number of hydrogen-bond acceptors (Lipinski definition) is 3. The fourth-order valence-electron chi connectivity index (χ4n) is 1.93. The van der Waals surface area contributed by atoms with Crippen LogP contribution in [0.4, 0.5) is 0 Å².